The number of nitrogens with one attached hydrogen (secondary N) is 4. The quantitative estimate of drug-likeness (QED) is 0.191. The minimum absolute atomic E-state index is 0.156. The fraction of sp³-hybridized carbons (Fsp3) is 0.571. The first-order valence-electron chi connectivity index (χ1n) is 7.01. The van der Waals surface area contributed by atoms with E-state index in [-0.39, 0.29) is 49.9 Å². The summed E-state index contributed by atoms with van der Waals surface area (Å²) in [5, 5.41) is 46.2. The first kappa shape index (κ1) is 22.3. The van der Waals surface area contributed by atoms with Gasteiger partial charge < -0.3 is 31.9 Å². The maximum Gasteiger partial charge on any atom is 0.304 e. The Balaban J connectivity index is 4.86. The van der Waals surface area contributed by atoms with Crippen LogP contribution in [0.4, 0.5) is 0 Å². The van der Waals surface area contributed by atoms with Crippen LogP contribution in [-0.2, 0) is 9.59 Å². The van der Waals surface area contributed by atoms with Crippen molar-refractivity contribution in [2.24, 2.45) is 0 Å². The van der Waals surface area contributed by atoms with Gasteiger partial charge in [-0.1, -0.05) is 21.6 Å². The number of hydrogen-bond acceptors (Lipinski definition) is 8. The largest absolute Gasteiger partial charge is 0.481 e. The molecule has 0 aromatic rings. The Morgan fingerprint density at radius 3 is 1.42 bits per heavy atom. The van der Waals surface area contributed by atoms with Gasteiger partial charge in [-0.05, 0) is 25.7 Å². The second kappa shape index (κ2) is 12.7. The highest BCUT2D eigenvalue weighted by molar-refractivity contribution is 8.77. The molecule has 0 aromatic carbocycles. The van der Waals surface area contributed by atoms with Gasteiger partial charge in [0, 0.05) is 11.4 Å². The van der Waals surface area contributed by atoms with E-state index < -0.39 is 22.4 Å². The van der Waals surface area contributed by atoms with Crippen LogP contribution < -0.4 is 0 Å². The molecule has 0 saturated carbocycles. The van der Waals surface area contributed by atoms with Crippen LogP contribution in [0.3, 0.4) is 0 Å². The minimum atomic E-state index is -1.07. The highest BCUT2D eigenvalue weighted by Crippen LogP contribution is 2.36. The molecule has 0 aliphatic heterocycles. The third-order valence-corrected chi connectivity index (χ3v) is 6.03. The zero-order valence-electron chi connectivity index (χ0n) is 12.9. The van der Waals surface area contributed by atoms with Gasteiger partial charge in [0.1, 0.15) is 0 Å². The number of carbonyl (C=O) groups is 2. The molecule has 0 saturated heterocycles. The molecule has 0 aliphatic rings. The highest BCUT2D eigenvalue weighted by atomic mass is 33.1. The Bertz CT molecular complexity index is 455. The van der Waals surface area contributed by atoms with Gasteiger partial charge in [-0.25, -0.2) is 0 Å². The minimum Gasteiger partial charge on any atom is -0.481 e. The average molecular weight is 372 g/mol. The lowest BCUT2D eigenvalue weighted by Gasteiger charge is -2.19. The first-order valence-corrected chi connectivity index (χ1v) is 9.28. The molecule has 0 spiro atoms. The molecule has 0 heterocycles. The van der Waals surface area contributed by atoms with Gasteiger partial charge in [-0.15, -0.1) is 0 Å². The molecule has 0 rings (SSSR count). The molecular formula is C14H20N4O4S2. The van der Waals surface area contributed by atoms with Gasteiger partial charge in [-0.3, -0.25) is 9.59 Å². The Kier molecular flexibility index (Phi) is 11.8. The molecule has 132 valence electrons. The number of rotatable bonds is 15. The van der Waals surface area contributed by atoms with Crippen molar-refractivity contribution in [3.63, 3.8) is 0 Å². The molecule has 24 heavy (non-hydrogen) atoms. The zero-order valence-corrected chi connectivity index (χ0v) is 14.6. The van der Waals surface area contributed by atoms with Crippen molar-refractivity contribution in [3.8, 4) is 0 Å². The van der Waals surface area contributed by atoms with Gasteiger partial charge in [0.25, 0.3) is 0 Å². The Morgan fingerprint density at radius 1 is 0.833 bits per heavy atom. The topological polar surface area (TPSA) is 170 Å². The normalized spacial score (nSPS) is 12.8. The SMILES string of the molecule is N=[C]CCC(=N)C(CC(=O)O)SSC(CC(=O)O)C(=N)CC[C]=N. The molecule has 2 atom stereocenters. The highest BCUT2D eigenvalue weighted by Gasteiger charge is 2.24. The molecule has 2 radical (unpaired) electrons. The lowest BCUT2D eigenvalue weighted by Crippen LogP contribution is -2.23. The summed E-state index contributed by atoms with van der Waals surface area (Å²) in [5.41, 5.74) is 0.311. The summed E-state index contributed by atoms with van der Waals surface area (Å²) < 4.78 is 0. The van der Waals surface area contributed by atoms with Crippen LogP contribution >= 0.6 is 21.6 Å². The van der Waals surface area contributed by atoms with E-state index in [0.717, 1.165) is 21.6 Å². The second-order valence-electron chi connectivity index (χ2n) is 4.77. The van der Waals surface area contributed by atoms with Crippen LogP contribution in [0, 0.1) is 21.6 Å². The van der Waals surface area contributed by atoms with E-state index in [4.69, 9.17) is 31.9 Å². The molecule has 6 N–H and O–H groups in total. The summed E-state index contributed by atoms with van der Waals surface area (Å²) in [7, 11) is 2.14. The Hall–Kier alpha value is -1.68. The van der Waals surface area contributed by atoms with E-state index in [2.05, 4.69) is 12.4 Å². The fourth-order valence-electron chi connectivity index (χ4n) is 1.60. The summed E-state index contributed by atoms with van der Waals surface area (Å²) in [4.78, 5) is 21.9. The third kappa shape index (κ3) is 10.2. The van der Waals surface area contributed by atoms with Crippen LogP contribution in [0.25, 0.3) is 0 Å². The van der Waals surface area contributed by atoms with Crippen molar-refractivity contribution >= 4 is 57.4 Å². The Labute approximate surface area is 148 Å². The van der Waals surface area contributed by atoms with Gasteiger partial charge in [0.05, 0.1) is 35.8 Å². The van der Waals surface area contributed by atoms with E-state index >= 15 is 0 Å². The van der Waals surface area contributed by atoms with E-state index in [9.17, 15) is 9.59 Å². The summed E-state index contributed by atoms with van der Waals surface area (Å²) in [6.45, 7) is 0. The van der Waals surface area contributed by atoms with Crippen molar-refractivity contribution in [1.29, 1.82) is 21.6 Å². The predicted molar refractivity (Wildman–Crippen MR) is 96.6 cm³/mol. The first-order chi connectivity index (χ1) is 11.3. The Morgan fingerprint density at radius 2 is 1.17 bits per heavy atom. The lowest BCUT2D eigenvalue weighted by atomic mass is 10.1. The number of carboxylic acids is 2. The van der Waals surface area contributed by atoms with Crippen LogP contribution in [0.2, 0.25) is 0 Å². The van der Waals surface area contributed by atoms with Crippen LogP contribution in [0.5, 0.6) is 0 Å². The van der Waals surface area contributed by atoms with Crippen molar-refractivity contribution < 1.29 is 19.8 Å². The van der Waals surface area contributed by atoms with E-state index in [1.807, 2.05) is 0 Å². The van der Waals surface area contributed by atoms with Crippen LogP contribution in [-0.4, -0.2) is 56.5 Å². The molecule has 0 bridgehead atoms. The maximum absolute atomic E-state index is 10.9. The number of carboxylic acid groups (broad SMARTS) is 2. The number of hydrogen-bond donors (Lipinski definition) is 6. The summed E-state index contributed by atoms with van der Waals surface area (Å²) in [6.07, 6.45) is 4.63. The maximum atomic E-state index is 10.9. The van der Waals surface area contributed by atoms with Gasteiger partial charge in [0.2, 0.25) is 0 Å². The average Bonchev–Trinajstić information content (AvgIpc) is 2.51. The van der Waals surface area contributed by atoms with Crippen molar-refractivity contribution in [3.05, 3.63) is 0 Å². The smallest absolute Gasteiger partial charge is 0.304 e. The third-order valence-electron chi connectivity index (χ3n) is 2.82. The monoisotopic (exact) mass is 372 g/mol. The standard InChI is InChI=1S/C14H20N4O4S2/c15-5-1-3-9(17)11(7-13(19)20)23-24-12(8-14(21)22)10(18)4-2-6-16/h11-12,15-18H,1-4,7-8H2,(H,19,20)(H,21,22). The molecule has 0 aromatic heterocycles. The molecule has 2 unspecified atom stereocenters. The summed E-state index contributed by atoms with van der Waals surface area (Å²) in [6, 6.07) is 0. The molecular weight excluding hydrogens is 352 g/mol. The molecule has 8 nitrogen and oxygen atoms in total. The molecule has 0 amide bonds. The second-order valence-corrected chi connectivity index (χ2v) is 7.45. The van der Waals surface area contributed by atoms with Crippen molar-refractivity contribution in [1.82, 2.24) is 0 Å². The molecule has 10 heteroatoms. The summed E-state index contributed by atoms with van der Waals surface area (Å²) in [5.74, 6) is -2.14. The predicted octanol–water partition coefficient (Wildman–Crippen LogP) is 2.71. The summed E-state index contributed by atoms with van der Waals surface area (Å²) >= 11 is 0. The van der Waals surface area contributed by atoms with Crippen molar-refractivity contribution in [2.75, 3.05) is 0 Å². The van der Waals surface area contributed by atoms with Gasteiger partial charge in [0.15, 0.2) is 0 Å². The van der Waals surface area contributed by atoms with Crippen molar-refractivity contribution in [2.45, 2.75) is 49.0 Å². The lowest BCUT2D eigenvalue weighted by molar-refractivity contribution is -0.137. The van der Waals surface area contributed by atoms with Gasteiger partial charge >= 0.3 is 11.9 Å². The van der Waals surface area contributed by atoms with Crippen LogP contribution in [0.15, 0.2) is 0 Å². The van der Waals surface area contributed by atoms with Crippen LogP contribution in [0.1, 0.15) is 38.5 Å². The zero-order chi connectivity index (χ0) is 18.5. The molecule has 0 fully saturated rings. The van der Waals surface area contributed by atoms with E-state index in [1.165, 1.54) is 0 Å². The van der Waals surface area contributed by atoms with E-state index in [0.29, 0.717) is 0 Å². The van der Waals surface area contributed by atoms with E-state index in [1.54, 1.807) is 0 Å². The fourth-order valence-corrected chi connectivity index (χ4v) is 4.67. The van der Waals surface area contributed by atoms with Gasteiger partial charge in [-0.2, -0.15) is 0 Å². The molecule has 0 aliphatic carbocycles. The number of aliphatic carboxylic acids is 2.